The van der Waals surface area contributed by atoms with E-state index in [2.05, 4.69) is 25.8 Å². The summed E-state index contributed by atoms with van der Waals surface area (Å²) in [5.74, 6) is 0.0681. The fraction of sp³-hybridized carbons (Fsp3) is 0.148. The third kappa shape index (κ3) is 4.21. The minimum Gasteiger partial charge on any atom is -0.439 e. The number of carbonyl (C=O) groups excluding carboxylic acids is 3. The van der Waals surface area contributed by atoms with E-state index in [-0.39, 0.29) is 0 Å². The number of imide groups is 2. The quantitative estimate of drug-likeness (QED) is 0.373. The summed E-state index contributed by atoms with van der Waals surface area (Å²) in [7, 11) is 0. The van der Waals surface area contributed by atoms with Gasteiger partial charge < -0.3 is 14.2 Å². The van der Waals surface area contributed by atoms with Crippen LogP contribution in [0.15, 0.2) is 71.5 Å². The van der Waals surface area contributed by atoms with Gasteiger partial charge in [0.2, 0.25) is 5.88 Å². The van der Waals surface area contributed by atoms with Crippen molar-refractivity contribution in [2.45, 2.75) is 18.4 Å². The van der Waals surface area contributed by atoms with Crippen LogP contribution in [0.1, 0.15) is 18.4 Å². The lowest BCUT2D eigenvalue weighted by molar-refractivity contribution is -0.137. The van der Waals surface area contributed by atoms with E-state index in [9.17, 15) is 14.4 Å². The molecule has 0 bridgehead atoms. The Kier molecular flexibility index (Phi) is 5.73. The van der Waals surface area contributed by atoms with Crippen molar-refractivity contribution in [3.05, 3.63) is 72.6 Å². The molecule has 0 unspecified atom stereocenters. The van der Waals surface area contributed by atoms with E-state index in [1.165, 1.54) is 12.4 Å². The van der Waals surface area contributed by atoms with Gasteiger partial charge in [-0.15, -0.1) is 0 Å². The summed E-state index contributed by atoms with van der Waals surface area (Å²) in [6.45, 7) is 0.462. The summed E-state index contributed by atoms with van der Waals surface area (Å²) in [5.41, 5.74) is 1.53. The van der Waals surface area contributed by atoms with Gasteiger partial charge >= 0.3 is 6.03 Å². The zero-order valence-corrected chi connectivity index (χ0v) is 20.2. The molecule has 192 valence electrons. The Morgan fingerprint density at radius 3 is 2.41 bits per heavy atom. The van der Waals surface area contributed by atoms with E-state index < -0.39 is 23.4 Å². The van der Waals surface area contributed by atoms with E-state index in [1.54, 1.807) is 47.4 Å². The van der Waals surface area contributed by atoms with E-state index in [4.69, 9.17) is 14.5 Å². The molecule has 12 heteroatoms. The first kappa shape index (κ1) is 23.8. The normalized spacial score (nSPS) is 16.1. The first-order valence-electron chi connectivity index (χ1n) is 12.0. The lowest BCUT2D eigenvalue weighted by Crippen LogP contribution is -2.71. The van der Waals surface area contributed by atoms with Crippen LogP contribution in [0.3, 0.4) is 0 Å². The van der Waals surface area contributed by atoms with E-state index in [0.29, 0.717) is 59.4 Å². The van der Waals surface area contributed by atoms with Crippen molar-refractivity contribution in [3.63, 3.8) is 0 Å². The van der Waals surface area contributed by atoms with Crippen LogP contribution in [-0.4, -0.2) is 45.1 Å². The van der Waals surface area contributed by atoms with Gasteiger partial charge in [-0.25, -0.2) is 9.78 Å². The minimum atomic E-state index is -1.48. The summed E-state index contributed by atoms with van der Waals surface area (Å²) < 4.78 is 11.3. The predicted octanol–water partition coefficient (Wildman–Crippen LogP) is 3.17. The zero-order chi connectivity index (χ0) is 27.0. The molecule has 1 spiro atoms. The van der Waals surface area contributed by atoms with Crippen LogP contribution in [0.5, 0.6) is 11.6 Å². The molecule has 0 atom stereocenters. The lowest BCUT2D eigenvalue weighted by Gasteiger charge is -2.38. The Labute approximate surface area is 221 Å². The van der Waals surface area contributed by atoms with Crippen molar-refractivity contribution in [1.82, 2.24) is 25.8 Å². The number of barbiturate groups is 1. The second-order valence-corrected chi connectivity index (χ2v) is 8.95. The van der Waals surface area contributed by atoms with Gasteiger partial charge in [-0.2, -0.15) is 5.26 Å². The number of hydrogen-bond acceptors (Lipinski definition) is 10. The molecule has 2 saturated heterocycles. The van der Waals surface area contributed by atoms with E-state index in [0.717, 1.165) is 5.56 Å². The van der Waals surface area contributed by atoms with Gasteiger partial charge in [0.1, 0.15) is 23.2 Å². The van der Waals surface area contributed by atoms with Crippen LogP contribution in [0.25, 0.3) is 22.7 Å². The highest BCUT2D eigenvalue weighted by atomic mass is 16.5. The van der Waals surface area contributed by atoms with Crippen molar-refractivity contribution in [2.75, 3.05) is 11.4 Å². The van der Waals surface area contributed by atoms with Gasteiger partial charge in [0.15, 0.2) is 11.3 Å². The number of amides is 4. The molecule has 2 N–H and O–H groups in total. The molecule has 0 saturated carbocycles. The summed E-state index contributed by atoms with van der Waals surface area (Å²) in [6.07, 6.45) is 3.90. The smallest absolute Gasteiger partial charge is 0.328 e. The van der Waals surface area contributed by atoms with E-state index >= 15 is 0 Å². The third-order valence-corrected chi connectivity index (χ3v) is 6.65. The number of nitrogens with zero attached hydrogens (tertiary/aromatic N) is 5. The number of benzene rings is 1. The molecule has 12 nitrogen and oxygen atoms in total. The van der Waals surface area contributed by atoms with Gasteiger partial charge in [-0.1, -0.05) is 5.16 Å². The molecule has 4 amide bonds. The summed E-state index contributed by atoms with van der Waals surface area (Å²) in [6, 6.07) is 16.9. The standard InChI is InChI=1S/C27H19N7O5/c28-13-16-2-8-20(29-14-16)22-12-21(33-39-22)17-3-6-19(7-4-17)38-23-9-5-18(15-30-23)34-11-1-10-27(34)24(35)31-26(37)32-25(27)36/h2-9,12,14-15H,1,10-11H2,(H2,31,32,35,36,37). The number of urea groups is 1. The molecular weight excluding hydrogens is 502 g/mol. The fourth-order valence-electron chi connectivity index (χ4n) is 4.73. The summed E-state index contributed by atoms with van der Waals surface area (Å²) in [5, 5.41) is 17.4. The number of nitriles is 1. The Bertz CT molecular complexity index is 1600. The molecule has 6 rings (SSSR count). The van der Waals surface area contributed by atoms with Crippen LogP contribution >= 0.6 is 0 Å². The van der Waals surface area contributed by atoms with Crippen molar-refractivity contribution in [3.8, 4) is 40.4 Å². The number of ether oxygens (including phenoxy) is 1. The average molecular weight is 521 g/mol. The molecule has 2 aliphatic rings. The molecule has 3 aromatic heterocycles. The summed E-state index contributed by atoms with van der Waals surface area (Å²) >= 11 is 0. The Hall–Kier alpha value is -5.57. The molecule has 4 aromatic rings. The highest BCUT2D eigenvalue weighted by molar-refractivity contribution is 6.24. The molecule has 0 aliphatic carbocycles. The molecule has 1 aromatic carbocycles. The Balaban J connectivity index is 1.14. The number of carbonyl (C=O) groups is 3. The van der Waals surface area contributed by atoms with Crippen molar-refractivity contribution < 1.29 is 23.6 Å². The SMILES string of the molecule is N#Cc1ccc(-c2cc(-c3ccc(Oc4ccc(N5CCCC56C(=O)NC(=O)NC6=O)cn4)cc3)no2)nc1. The van der Waals surface area contributed by atoms with Gasteiger partial charge in [0.05, 0.1) is 17.4 Å². The maximum absolute atomic E-state index is 12.7. The highest BCUT2D eigenvalue weighted by Gasteiger charge is 2.57. The van der Waals surface area contributed by atoms with Crippen LogP contribution in [0.4, 0.5) is 10.5 Å². The topological polar surface area (TPSA) is 163 Å². The maximum atomic E-state index is 12.7. The monoisotopic (exact) mass is 521 g/mol. The number of anilines is 1. The van der Waals surface area contributed by atoms with Crippen LogP contribution in [0.2, 0.25) is 0 Å². The largest absolute Gasteiger partial charge is 0.439 e. The Morgan fingerprint density at radius 2 is 1.74 bits per heavy atom. The van der Waals surface area contributed by atoms with Gasteiger partial charge in [0, 0.05) is 30.4 Å². The van der Waals surface area contributed by atoms with Gasteiger partial charge in [0.25, 0.3) is 11.8 Å². The Morgan fingerprint density at radius 1 is 0.949 bits per heavy atom. The first-order chi connectivity index (χ1) is 19.0. The molecule has 2 aliphatic heterocycles. The van der Waals surface area contributed by atoms with Crippen LogP contribution < -0.4 is 20.3 Å². The zero-order valence-electron chi connectivity index (χ0n) is 20.2. The van der Waals surface area contributed by atoms with Crippen LogP contribution in [-0.2, 0) is 9.59 Å². The van der Waals surface area contributed by atoms with Gasteiger partial charge in [-0.05, 0) is 55.3 Å². The number of nitrogens with one attached hydrogen (secondary N) is 2. The number of hydrogen-bond donors (Lipinski definition) is 2. The molecule has 0 radical (unpaired) electrons. The third-order valence-electron chi connectivity index (χ3n) is 6.65. The molecule has 5 heterocycles. The van der Waals surface area contributed by atoms with E-state index in [1.807, 2.05) is 18.2 Å². The molecule has 2 fully saturated rings. The average Bonchev–Trinajstić information content (AvgIpc) is 3.62. The van der Waals surface area contributed by atoms with Crippen molar-refractivity contribution in [2.24, 2.45) is 0 Å². The first-order valence-corrected chi connectivity index (χ1v) is 12.0. The second-order valence-electron chi connectivity index (χ2n) is 8.95. The van der Waals surface area contributed by atoms with Crippen molar-refractivity contribution in [1.29, 1.82) is 5.26 Å². The maximum Gasteiger partial charge on any atom is 0.328 e. The molecular formula is C27H19N7O5. The minimum absolute atomic E-state index is 0.291. The predicted molar refractivity (Wildman–Crippen MR) is 135 cm³/mol. The van der Waals surface area contributed by atoms with Crippen LogP contribution in [0, 0.1) is 11.3 Å². The lowest BCUT2D eigenvalue weighted by atomic mass is 9.92. The fourth-order valence-corrected chi connectivity index (χ4v) is 4.73. The number of pyridine rings is 2. The number of rotatable bonds is 5. The van der Waals surface area contributed by atoms with Gasteiger partial charge in [-0.3, -0.25) is 25.2 Å². The second kappa shape index (κ2) is 9.38. The summed E-state index contributed by atoms with van der Waals surface area (Å²) in [4.78, 5) is 47.1. The molecule has 39 heavy (non-hydrogen) atoms. The van der Waals surface area contributed by atoms with Crippen molar-refractivity contribution >= 4 is 23.5 Å². The number of aromatic nitrogens is 3. The highest BCUT2D eigenvalue weighted by Crippen LogP contribution is 2.36.